The molecule has 2 aromatic heterocycles. The van der Waals surface area contributed by atoms with Crippen LogP contribution >= 0.6 is 11.3 Å². The van der Waals surface area contributed by atoms with Gasteiger partial charge in [0, 0.05) is 18.5 Å². The smallest absolute Gasteiger partial charge is 0.162 e. The number of fused-ring (bicyclic) bond motifs is 1. The lowest BCUT2D eigenvalue weighted by atomic mass is 9.69. The molecule has 0 saturated carbocycles. The number of hydrogen-bond donors (Lipinski definition) is 3. The van der Waals surface area contributed by atoms with E-state index in [9.17, 15) is 14.6 Å². The van der Waals surface area contributed by atoms with E-state index in [1.54, 1.807) is 17.4 Å². The Labute approximate surface area is 265 Å². The number of hydrogen-bond acceptors (Lipinski definition) is 9. The minimum Gasteiger partial charge on any atom is -0.388 e. The van der Waals surface area contributed by atoms with Crippen molar-refractivity contribution < 1.29 is 19.3 Å². The molecular weight excluding hydrogens is 589 g/mol. The monoisotopic (exact) mass is 623 g/mol. The minimum atomic E-state index is -1.18. The minimum absolute atomic E-state index is 0.291. The maximum Gasteiger partial charge on any atom is 0.162 e. The lowest BCUT2D eigenvalue weighted by Crippen LogP contribution is -2.44. The van der Waals surface area contributed by atoms with Crippen LogP contribution in [-0.4, -0.2) is 58.4 Å². The second-order valence-corrected chi connectivity index (χ2v) is 12.5. The molecule has 7 rings (SSSR count). The molecule has 3 aromatic carbocycles. The van der Waals surface area contributed by atoms with Crippen molar-refractivity contribution in [1.29, 1.82) is 0 Å². The third-order valence-corrected chi connectivity index (χ3v) is 9.83. The Morgan fingerprint density at radius 2 is 1.69 bits per heavy atom. The highest BCUT2D eigenvalue weighted by Gasteiger charge is 2.51. The molecule has 4 atom stereocenters. The van der Waals surface area contributed by atoms with E-state index in [2.05, 4.69) is 51.0 Å². The number of aliphatic hydroxyl groups is 2. The molecule has 1 saturated heterocycles. The average molecular weight is 624 g/mol. The predicted molar refractivity (Wildman–Crippen MR) is 174 cm³/mol. The number of thiophene rings is 1. The molecule has 230 valence electrons. The molecule has 2 aliphatic heterocycles. The van der Waals surface area contributed by atoms with Gasteiger partial charge in [-0.3, -0.25) is 0 Å². The van der Waals surface area contributed by atoms with Crippen molar-refractivity contribution in [2.45, 2.75) is 42.9 Å². The van der Waals surface area contributed by atoms with E-state index in [1.807, 2.05) is 65.4 Å². The number of aromatic nitrogens is 2. The standard InChI is InChI=1S/C35H34FN5O3S/c1-40(20-23-10-8-15-26(36)18-23)32-29-33(38-21-37-32)41(22-39-29)34-31(43)30(42)27(44-34)19-35(28-16-9-17-45-28,24-11-4-2-5-12-24)25-13-6-3-7-14-25/h2-18,21,27,30-31,34,39,42-43H,19-20,22H2,1H3/t27-,30-,31-,34-/m1/s1. The summed E-state index contributed by atoms with van der Waals surface area (Å²) in [4.78, 5) is 13.9. The molecule has 0 aliphatic carbocycles. The first-order valence-corrected chi connectivity index (χ1v) is 15.8. The molecule has 0 radical (unpaired) electrons. The zero-order chi connectivity index (χ0) is 31.0. The molecule has 5 aromatic rings. The van der Waals surface area contributed by atoms with E-state index in [0.29, 0.717) is 37.0 Å². The maximum atomic E-state index is 13.8. The van der Waals surface area contributed by atoms with E-state index >= 15 is 0 Å². The van der Waals surface area contributed by atoms with Gasteiger partial charge in [0.2, 0.25) is 0 Å². The first-order chi connectivity index (χ1) is 22.0. The second-order valence-electron chi connectivity index (χ2n) is 11.6. The summed E-state index contributed by atoms with van der Waals surface area (Å²) in [5.41, 5.74) is 3.05. The van der Waals surface area contributed by atoms with Crippen LogP contribution < -0.4 is 15.1 Å². The van der Waals surface area contributed by atoms with Crippen LogP contribution in [0.2, 0.25) is 0 Å². The van der Waals surface area contributed by atoms with E-state index in [0.717, 1.165) is 21.6 Å². The fraction of sp³-hybridized carbons (Fsp3) is 0.257. The molecular formula is C35H34FN5O3S. The maximum absolute atomic E-state index is 13.8. The third kappa shape index (κ3) is 5.33. The van der Waals surface area contributed by atoms with Gasteiger partial charge in [0.1, 0.15) is 30.0 Å². The van der Waals surface area contributed by atoms with Gasteiger partial charge in [0.15, 0.2) is 17.9 Å². The molecule has 0 bridgehead atoms. The molecule has 0 amide bonds. The van der Waals surface area contributed by atoms with Gasteiger partial charge in [-0.2, -0.15) is 0 Å². The van der Waals surface area contributed by atoms with Crippen LogP contribution in [-0.2, 0) is 16.7 Å². The number of nitrogens with zero attached hydrogens (tertiary/aromatic N) is 4. The Morgan fingerprint density at radius 1 is 0.956 bits per heavy atom. The van der Waals surface area contributed by atoms with Gasteiger partial charge in [-0.25, -0.2) is 14.4 Å². The number of benzene rings is 3. The SMILES string of the molecule is CN(Cc1cccc(F)c1)c1ncnc2c1NCN2[C@@H]1O[C@H](CC(c2ccccc2)(c2ccccc2)c2cccs2)[C@@H](O)[C@H]1O. The quantitative estimate of drug-likeness (QED) is 0.202. The highest BCUT2D eigenvalue weighted by Crippen LogP contribution is 2.48. The Bertz CT molecular complexity index is 1700. The first kappa shape index (κ1) is 29.4. The number of anilines is 3. The first-order valence-electron chi connectivity index (χ1n) is 14.9. The van der Waals surface area contributed by atoms with Crippen LogP contribution in [0.15, 0.2) is 109 Å². The van der Waals surface area contributed by atoms with Crippen molar-refractivity contribution >= 4 is 28.7 Å². The summed E-state index contributed by atoms with van der Waals surface area (Å²) in [5.74, 6) is 0.918. The van der Waals surface area contributed by atoms with Crippen LogP contribution in [0.25, 0.3) is 0 Å². The second kappa shape index (κ2) is 12.2. The predicted octanol–water partition coefficient (Wildman–Crippen LogP) is 5.37. The Hall–Kier alpha value is -4.35. The van der Waals surface area contributed by atoms with Crippen molar-refractivity contribution in [3.63, 3.8) is 0 Å². The van der Waals surface area contributed by atoms with Crippen molar-refractivity contribution in [2.24, 2.45) is 0 Å². The number of nitrogens with one attached hydrogen (secondary N) is 1. The molecule has 45 heavy (non-hydrogen) atoms. The topological polar surface area (TPSA) is 94.0 Å². The van der Waals surface area contributed by atoms with Crippen LogP contribution in [0.4, 0.5) is 21.7 Å². The van der Waals surface area contributed by atoms with Crippen LogP contribution in [0.5, 0.6) is 0 Å². The van der Waals surface area contributed by atoms with Gasteiger partial charge >= 0.3 is 0 Å². The van der Waals surface area contributed by atoms with Crippen LogP contribution in [0.1, 0.15) is 28.0 Å². The third-order valence-electron chi connectivity index (χ3n) is 8.80. The lowest BCUT2D eigenvalue weighted by molar-refractivity contribution is -0.00270. The lowest BCUT2D eigenvalue weighted by Gasteiger charge is -2.37. The summed E-state index contributed by atoms with van der Waals surface area (Å²) in [6, 6.07) is 31.2. The number of halogens is 1. The number of rotatable bonds is 9. The molecule has 0 unspecified atom stereocenters. The zero-order valence-corrected chi connectivity index (χ0v) is 25.5. The largest absolute Gasteiger partial charge is 0.388 e. The van der Waals surface area contributed by atoms with Gasteiger partial charge in [0.25, 0.3) is 0 Å². The summed E-state index contributed by atoms with van der Waals surface area (Å²) in [6.07, 6.45) is -1.97. The summed E-state index contributed by atoms with van der Waals surface area (Å²) < 4.78 is 20.4. The fourth-order valence-electron chi connectivity index (χ4n) is 6.68. The molecule has 3 N–H and O–H groups in total. The number of aliphatic hydroxyl groups excluding tert-OH is 2. The van der Waals surface area contributed by atoms with Crippen LogP contribution in [0.3, 0.4) is 0 Å². The molecule has 8 nitrogen and oxygen atoms in total. The molecule has 1 fully saturated rings. The van der Waals surface area contributed by atoms with Gasteiger partial charge in [-0.1, -0.05) is 78.9 Å². The van der Waals surface area contributed by atoms with Crippen molar-refractivity contribution in [3.8, 4) is 0 Å². The Kier molecular flexibility index (Phi) is 7.97. The normalized spacial score (nSPS) is 21.0. The van der Waals surface area contributed by atoms with Gasteiger partial charge < -0.3 is 30.1 Å². The summed E-state index contributed by atoms with van der Waals surface area (Å²) in [7, 11) is 1.88. The van der Waals surface area contributed by atoms with Gasteiger partial charge in [-0.15, -0.1) is 11.3 Å². The average Bonchev–Trinajstić information content (AvgIpc) is 3.82. The number of ether oxygens (including phenoxy) is 1. The molecule has 10 heteroatoms. The van der Waals surface area contributed by atoms with Crippen molar-refractivity contribution in [2.75, 3.05) is 28.8 Å². The van der Waals surface area contributed by atoms with Crippen molar-refractivity contribution in [1.82, 2.24) is 9.97 Å². The molecule has 4 heterocycles. The van der Waals surface area contributed by atoms with E-state index in [-0.39, 0.29) is 5.82 Å². The molecule has 0 spiro atoms. The van der Waals surface area contributed by atoms with Gasteiger partial charge in [-0.05, 0) is 46.7 Å². The Balaban J connectivity index is 1.19. The highest BCUT2D eigenvalue weighted by molar-refractivity contribution is 7.10. The van der Waals surface area contributed by atoms with E-state index in [4.69, 9.17) is 4.74 Å². The summed E-state index contributed by atoms with van der Waals surface area (Å²) in [6.45, 7) is 0.749. The van der Waals surface area contributed by atoms with Gasteiger partial charge in [0.05, 0.1) is 18.2 Å². The summed E-state index contributed by atoms with van der Waals surface area (Å²) in [5, 5.41) is 28.4. The Morgan fingerprint density at radius 3 is 2.36 bits per heavy atom. The summed E-state index contributed by atoms with van der Waals surface area (Å²) >= 11 is 1.66. The van der Waals surface area contributed by atoms with E-state index < -0.39 is 30.0 Å². The zero-order valence-electron chi connectivity index (χ0n) is 24.7. The van der Waals surface area contributed by atoms with Crippen LogP contribution in [0, 0.1) is 5.82 Å². The molecule has 2 aliphatic rings. The van der Waals surface area contributed by atoms with Crippen molar-refractivity contribution in [3.05, 3.63) is 136 Å². The fourth-order valence-corrected chi connectivity index (χ4v) is 7.66. The highest BCUT2D eigenvalue weighted by atomic mass is 32.1. The van der Waals surface area contributed by atoms with E-state index in [1.165, 1.54) is 18.5 Å².